The molecule has 2 rings (SSSR count). The minimum absolute atomic E-state index is 0.0142. The second-order valence-corrected chi connectivity index (χ2v) is 4.32. The van der Waals surface area contributed by atoms with E-state index >= 15 is 0 Å². The molecule has 0 N–H and O–H groups in total. The van der Waals surface area contributed by atoms with Crippen LogP contribution in [-0.4, -0.2) is 24.4 Å². The largest absolute Gasteiger partial charge is 0.342 e. The number of allylic oxidation sites excluding steroid dienone is 1. The minimum Gasteiger partial charge on any atom is -0.342 e. The number of likely N-dealkylation sites (N-methyl/N-ethyl adjacent to an activating group) is 1. The number of fused-ring (bicyclic) bond motifs is 1. The summed E-state index contributed by atoms with van der Waals surface area (Å²) in [5.41, 5.74) is 2.97. The third-order valence-electron chi connectivity index (χ3n) is 3.23. The van der Waals surface area contributed by atoms with Gasteiger partial charge in [-0.2, -0.15) is 0 Å². The number of halogens is 1. The summed E-state index contributed by atoms with van der Waals surface area (Å²) in [4.78, 5) is 13.4. The molecule has 0 saturated heterocycles. The smallest absolute Gasteiger partial charge is 0.246 e. The number of hydrogen-bond acceptors (Lipinski definition) is 1. The van der Waals surface area contributed by atoms with Gasteiger partial charge < -0.3 is 4.90 Å². The Balaban J connectivity index is 2.30. The highest BCUT2D eigenvalue weighted by Gasteiger charge is 2.18. The molecule has 0 spiro atoms. The average molecular weight is 233 g/mol. The van der Waals surface area contributed by atoms with Gasteiger partial charge in [-0.1, -0.05) is 6.07 Å². The molecule has 0 atom stereocenters. The van der Waals surface area contributed by atoms with Crippen molar-refractivity contribution in [3.05, 3.63) is 41.2 Å². The van der Waals surface area contributed by atoms with E-state index < -0.39 is 0 Å². The van der Waals surface area contributed by atoms with Crippen molar-refractivity contribution in [3.63, 3.8) is 0 Å². The average Bonchev–Trinajstić information content (AvgIpc) is 2.71. The quantitative estimate of drug-likeness (QED) is 0.719. The van der Waals surface area contributed by atoms with Crippen LogP contribution in [0.25, 0.3) is 5.57 Å². The van der Waals surface area contributed by atoms with E-state index in [2.05, 4.69) is 0 Å². The first kappa shape index (κ1) is 11.8. The van der Waals surface area contributed by atoms with Crippen LogP contribution in [0.2, 0.25) is 0 Å². The molecule has 1 amide bonds. The normalized spacial score (nSPS) is 16.1. The highest BCUT2D eigenvalue weighted by molar-refractivity contribution is 5.96. The van der Waals surface area contributed by atoms with E-state index in [9.17, 15) is 9.18 Å². The maximum atomic E-state index is 13.2. The van der Waals surface area contributed by atoms with Crippen LogP contribution in [0, 0.1) is 5.82 Å². The zero-order valence-corrected chi connectivity index (χ0v) is 10.2. The molecule has 0 heterocycles. The van der Waals surface area contributed by atoms with Crippen LogP contribution < -0.4 is 0 Å². The summed E-state index contributed by atoms with van der Waals surface area (Å²) >= 11 is 0. The van der Waals surface area contributed by atoms with E-state index in [1.165, 1.54) is 12.1 Å². The summed E-state index contributed by atoms with van der Waals surface area (Å²) in [5, 5.41) is 0. The Hall–Kier alpha value is -1.64. The standard InChI is InChI=1S/C14H16FNO/c1-3-16(2)14(17)8-11-5-4-10-6-7-12(15)9-13(10)11/h6-9H,3-5H2,1-2H3/b11-8-. The van der Waals surface area contributed by atoms with Crippen molar-refractivity contribution < 1.29 is 9.18 Å². The number of carbonyl (C=O) groups excluding carboxylic acids is 1. The second-order valence-electron chi connectivity index (χ2n) is 4.32. The number of amides is 1. The molecule has 17 heavy (non-hydrogen) atoms. The lowest BCUT2D eigenvalue weighted by Gasteiger charge is -2.12. The van der Waals surface area contributed by atoms with Gasteiger partial charge in [0.15, 0.2) is 0 Å². The molecule has 0 aliphatic heterocycles. The van der Waals surface area contributed by atoms with E-state index in [4.69, 9.17) is 0 Å². The molecule has 0 aromatic heterocycles. The van der Waals surface area contributed by atoms with E-state index in [1.54, 1.807) is 24.1 Å². The van der Waals surface area contributed by atoms with Crippen molar-refractivity contribution in [3.8, 4) is 0 Å². The summed E-state index contributed by atoms with van der Waals surface area (Å²) in [6, 6.07) is 4.80. The maximum absolute atomic E-state index is 13.2. The van der Waals surface area contributed by atoms with Gasteiger partial charge in [0.05, 0.1) is 0 Å². The van der Waals surface area contributed by atoms with Crippen LogP contribution >= 0.6 is 0 Å². The van der Waals surface area contributed by atoms with Gasteiger partial charge in [0, 0.05) is 19.7 Å². The van der Waals surface area contributed by atoms with Crippen LogP contribution in [0.1, 0.15) is 24.5 Å². The molecule has 90 valence electrons. The fourth-order valence-electron chi connectivity index (χ4n) is 2.03. The van der Waals surface area contributed by atoms with Crippen molar-refractivity contribution in [2.75, 3.05) is 13.6 Å². The molecule has 2 nitrogen and oxygen atoms in total. The lowest BCUT2D eigenvalue weighted by molar-refractivity contribution is -0.124. The fourth-order valence-corrected chi connectivity index (χ4v) is 2.03. The molecular formula is C14H16FNO. The van der Waals surface area contributed by atoms with Crippen molar-refractivity contribution in [1.82, 2.24) is 4.90 Å². The van der Waals surface area contributed by atoms with Gasteiger partial charge in [-0.3, -0.25) is 4.79 Å². The first-order valence-corrected chi connectivity index (χ1v) is 5.86. The zero-order valence-electron chi connectivity index (χ0n) is 10.2. The minimum atomic E-state index is -0.243. The molecular weight excluding hydrogens is 217 g/mol. The third kappa shape index (κ3) is 2.38. The third-order valence-corrected chi connectivity index (χ3v) is 3.23. The highest BCUT2D eigenvalue weighted by atomic mass is 19.1. The monoisotopic (exact) mass is 233 g/mol. The Morgan fingerprint density at radius 3 is 2.94 bits per heavy atom. The number of carbonyl (C=O) groups is 1. The molecule has 3 heteroatoms. The summed E-state index contributed by atoms with van der Waals surface area (Å²) < 4.78 is 13.2. The Morgan fingerprint density at radius 1 is 1.47 bits per heavy atom. The summed E-state index contributed by atoms with van der Waals surface area (Å²) in [6.45, 7) is 2.61. The second kappa shape index (κ2) is 4.70. The molecule has 1 aromatic rings. The van der Waals surface area contributed by atoms with Gasteiger partial charge >= 0.3 is 0 Å². The SMILES string of the molecule is CCN(C)C(=O)/C=C1/CCc2ccc(F)cc21. The lowest BCUT2D eigenvalue weighted by atomic mass is 10.1. The Morgan fingerprint density at radius 2 is 2.24 bits per heavy atom. The zero-order chi connectivity index (χ0) is 12.4. The lowest BCUT2D eigenvalue weighted by Crippen LogP contribution is -2.24. The summed E-state index contributed by atoms with van der Waals surface area (Å²) in [5.74, 6) is -0.257. The van der Waals surface area contributed by atoms with Gasteiger partial charge in [0.2, 0.25) is 5.91 Å². The van der Waals surface area contributed by atoms with E-state index in [0.717, 1.165) is 29.5 Å². The van der Waals surface area contributed by atoms with Crippen LogP contribution in [0.4, 0.5) is 4.39 Å². The molecule has 0 fully saturated rings. The van der Waals surface area contributed by atoms with Gasteiger partial charge in [-0.25, -0.2) is 4.39 Å². The van der Waals surface area contributed by atoms with E-state index in [0.29, 0.717) is 6.54 Å². The van der Waals surface area contributed by atoms with Gasteiger partial charge in [0.1, 0.15) is 5.82 Å². The molecule has 1 aliphatic carbocycles. The van der Waals surface area contributed by atoms with Gasteiger partial charge in [-0.15, -0.1) is 0 Å². The highest BCUT2D eigenvalue weighted by Crippen LogP contribution is 2.32. The molecule has 0 saturated carbocycles. The predicted molar refractivity (Wildman–Crippen MR) is 66.0 cm³/mol. The number of nitrogens with zero attached hydrogens (tertiary/aromatic N) is 1. The van der Waals surface area contributed by atoms with Crippen molar-refractivity contribution in [2.45, 2.75) is 19.8 Å². The predicted octanol–water partition coefficient (Wildman–Crippen LogP) is 2.63. The maximum Gasteiger partial charge on any atom is 0.246 e. The van der Waals surface area contributed by atoms with Crippen LogP contribution in [0.3, 0.4) is 0 Å². The van der Waals surface area contributed by atoms with Crippen LogP contribution in [0.5, 0.6) is 0 Å². The number of hydrogen-bond donors (Lipinski definition) is 0. The summed E-state index contributed by atoms with van der Waals surface area (Å²) in [6.07, 6.45) is 3.35. The number of rotatable bonds is 2. The van der Waals surface area contributed by atoms with Crippen molar-refractivity contribution in [1.29, 1.82) is 0 Å². The van der Waals surface area contributed by atoms with Crippen LogP contribution in [0.15, 0.2) is 24.3 Å². The molecule has 0 bridgehead atoms. The molecule has 0 radical (unpaired) electrons. The van der Waals surface area contributed by atoms with Crippen molar-refractivity contribution >= 4 is 11.5 Å². The fraction of sp³-hybridized carbons (Fsp3) is 0.357. The number of benzene rings is 1. The van der Waals surface area contributed by atoms with E-state index in [-0.39, 0.29) is 11.7 Å². The van der Waals surface area contributed by atoms with Gasteiger partial charge in [-0.05, 0) is 48.6 Å². The topological polar surface area (TPSA) is 20.3 Å². The molecule has 1 aliphatic rings. The molecule has 0 unspecified atom stereocenters. The Labute approximate surface area is 101 Å². The number of aryl methyl sites for hydroxylation is 1. The Bertz CT molecular complexity index is 479. The summed E-state index contributed by atoms with van der Waals surface area (Å²) in [7, 11) is 1.76. The Kier molecular flexibility index (Phi) is 3.27. The van der Waals surface area contributed by atoms with Gasteiger partial charge in [0.25, 0.3) is 0 Å². The first-order chi connectivity index (χ1) is 8.11. The van der Waals surface area contributed by atoms with Crippen LogP contribution in [-0.2, 0) is 11.2 Å². The first-order valence-electron chi connectivity index (χ1n) is 5.86. The molecule has 1 aromatic carbocycles. The van der Waals surface area contributed by atoms with Crippen molar-refractivity contribution in [2.24, 2.45) is 0 Å². The van der Waals surface area contributed by atoms with E-state index in [1.807, 2.05) is 6.92 Å².